The van der Waals surface area contributed by atoms with E-state index in [4.69, 9.17) is 4.65 Å². The fraction of sp³-hybridized carbons (Fsp3) is 0.409. The maximum atomic E-state index is 13.6. The highest BCUT2D eigenvalue weighted by atomic mass is 31.2. The van der Waals surface area contributed by atoms with Crippen molar-refractivity contribution in [2.24, 2.45) is 0 Å². The number of hydrogen-bond donors (Lipinski definition) is 0. The molecule has 0 atom stereocenters. The quantitative estimate of drug-likeness (QED) is 0.548. The molecule has 2 aromatic rings. The molecule has 0 aromatic heterocycles. The van der Waals surface area contributed by atoms with Crippen LogP contribution in [0.4, 0.5) is 4.79 Å². The lowest BCUT2D eigenvalue weighted by molar-refractivity contribution is 0.226. The van der Waals surface area contributed by atoms with Gasteiger partial charge in [0.15, 0.2) is 0 Å². The van der Waals surface area contributed by atoms with Crippen LogP contribution in [0.15, 0.2) is 60.7 Å². The fourth-order valence-corrected chi connectivity index (χ4v) is 10.9. The molecule has 0 aliphatic carbocycles. The van der Waals surface area contributed by atoms with Crippen LogP contribution < -0.4 is 10.9 Å². The number of carbonyl (C=O) groups is 1. The zero-order valence-corrected chi connectivity index (χ0v) is 17.7. The van der Waals surface area contributed by atoms with E-state index in [9.17, 15) is 4.79 Å². The van der Waals surface area contributed by atoms with Crippen molar-refractivity contribution in [3.8, 4) is 0 Å². The van der Waals surface area contributed by atoms with Crippen LogP contribution in [-0.4, -0.2) is 28.4 Å². The Bertz CT molecular complexity index is 735. The van der Waals surface area contributed by atoms with E-state index in [1.165, 1.54) is 0 Å². The Morgan fingerprint density at radius 2 is 1.15 bits per heavy atom. The summed E-state index contributed by atoms with van der Waals surface area (Å²) >= 11 is 0. The Morgan fingerprint density at radius 1 is 0.769 bits per heavy atom. The van der Waals surface area contributed by atoms with Crippen molar-refractivity contribution in [1.29, 1.82) is 0 Å². The molecule has 0 amide bonds. The molecule has 1 saturated heterocycles. The summed E-state index contributed by atoms with van der Waals surface area (Å²) in [6, 6.07) is 21.5. The van der Waals surface area contributed by atoms with Gasteiger partial charge in [-0.2, -0.15) is 10.9 Å². The SMILES string of the molecule is CC(C)(C)[P+]1(C(C)(C)C)C[B-](c2ccccc2)(c2ccccc2)OC1=O. The lowest BCUT2D eigenvalue weighted by Gasteiger charge is -2.43. The van der Waals surface area contributed by atoms with Crippen LogP contribution in [0.2, 0.25) is 0 Å². The second-order valence-corrected chi connectivity index (χ2v) is 14.5. The predicted octanol–water partition coefficient (Wildman–Crippen LogP) is 5.05. The van der Waals surface area contributed by atoms with Crippen LogP contribution in [0.3, 0.4) is 0 Å². The molecule has 1 fully saturated rings. The highest BCUT2D eigenvalue weighted by Gasteiger charge is 2.70. The summed E-state index contributed by atoms with van der Waals surface area (Å²) in [4.78, 5) is 13.6. The normalized spacial score (nSPS) is 19.2. The molecule has 0 saturated carbocycles. The van der Waals surface area contributed by atoms with Crippen LogP contribution >= 0.6 is 7.26 Å². The monoisotopic (exact) mass is 368 g/mol. The van der Waals surface area contributed by atoms with E-state index in [0.29, 0.717) is 0 Å². The second kappa shape index (κ2) is 6.24. The first-order valence-electron chi connectivity index (χ1n) is 9.44. The van der Waals surface area contributed by atoms with Gasteiger partial charge in [-0.15, -0.1) is 0 Å². The van der Waals surface area contributed by atoms with E-state index in [-0.39, 0.29) is 16.0 Å². The molecule has 0 unspecified atom stereocenters. The summed E-state index contributed by atoms with van der Waals surface area (Å²) in [5.41, 5.74) is 2.30. The van der Waals surface area contributed by atoms with Gasteiger partial charge in [-0.25, -0.2) is 4.79 Å². The molecule has 0 spiro atoms. The van der Waals surface area contributed by atoms with E-state index in [0.717, 1.165) is 17.0 Å². The lowest BCUT2D eigenvalue weighted by Crippen LogP contribution is -2.61. The van der Waals surface area contributed by atoms with E-state index < -0.39 is 13.6 Å². The molecule has 0 bridgehead atoms. The minimum Gasteiger partial charge on any atom is -0.648 e. The summed E-state index contributed by atoms with van der Waals surface area (Å²) in [5, 5.41) is -0.204. The molecular formula is C22H30BO2P. The van der Waals surface area contributed by atoms with E-state index in [2.05, 4.69) is 65.8 Å². The Hall–Kier alpha value is -1.60. The first-order valence-corrected chi connectivity index (χ1v) is 11.4. The van der Waals surface area contributed by atoms with Crippen LogP contribution in [-0.2, 0) is 4.65 Å². The zero-order chi connectivity index (χ0) is 19.2. The molecule has 2 nitrogen and oxygen atoms in total. The fourth-order valence-electron chi connectivity index (χ4n) is 4.93. The molecular weight excluding hydrogens is 338 g/mol. The van der Waals surface area contributed by atoms with Gasteiger partial charge in [-0.3, -0.25) is 0 Å². The van der Waals surface area contributed by atoms with Gasteiger partial charge in [-0.05, 0) is 47.6 Å². The molecule has 1 aliphatic heterocycles. The van der Waals surface area contributed by atoms with Gasteiger partial charge in [0.05, 0.1) is 10.3 Å². The number of carbonyl (C=O) groups excluding carboxylic acids is 1. The molecule has 0 radical (unpaired) electrons. The largest absolute Gasteiger partial charge is 0.648 e. The Morgan fingerprint density at radius 3 is 1.46 bits per heavy atom. The predicted molar refractivity (Wildman–Crippen MR) is 116 cm³/mol. The Balaban J connectivity index is 2.28. The van der Waals surface area contributed by atoms with Crippen LogP contribution in [0.25, 0.3) is 0 Å². The number of rotatable bonds is 2. The Kier molecular flexibility index (Phi) is 4.60. The molecule has 0 N–H and O–H groups in total. The summed E-state index contributed by atoms with van der Waals surface area (Å²) in [5.74, 6) is 0. The van der Waals surface area contributed by atoms with Gasteiger partial charge in [0.2, 0.25) is 0 Å². The highest BCUT2D eigenvalue weighted by Crippen LogP contribution is 2.80. The van der Waals surface area contributed by atoms with E-state index in [1.807, 2.05) is 36.4 Å². The zero-order valence-electron chi connectivity index (χ0n) is 16.8. The van der Waals surface area contributed by atoms with Gasteiger partial charge >= 0.3 is 5.71 Å². The third-order valence-electron chi connectivity index (χ3n) is 6.11. The van der Waals surface area contributed by atoms with Gasteiger partial charge in [0.1, 0.15) is 7.26 Å². The summed E-state index contributed by atoms with van der Waals surface area (Å²) in [6.07, 6.45) is -1.56. The van der Waals surface area contributed by atoms with Gasteiger partial charge < -0.3 is 4.65 Å². The van der Waals surface area contributed by atoms with Crippen molar-refractivity contribution < 1.29 is 9.45 Å². The molecule has 3 rings (SSSR count). The topological polar surface area (TPSA) is 26.3 Å². The highest BCUT2D eigenvalue weighted by molar-refractivity contribution is 7.96. The molecule has 1 aliphatic rings. The van der Waals surface area contributed by atoms with E-state index in [1.54, 1.807) is 0 Å². The van der Waals surface area contributed by atoms with Gasteiger partial charge in [0.25, 0.3) is 6.35 Å². The summed E-state index contributed by atoms with van der Waals surface area (Å²) in [6.45, 7) is 13.3. The van der Waals surface area contributed by atoms with Crippen molar-refractivity contribution in [3.05, 3.63) is 60.7 Å². The van der Waals surface area contributed by atoms with Crippen molar-refractivity contribution in [3.63, 3.8) is 0 Å². The maximum absolute atomic E-state index is 13.6. The van der Waals surface area contributed by atoms with Gasteiger partial charge in [-0.1, -0.05) is 60.7 Å². The smallest absolute Gasteiger partial charge is 0.402 e. The number of hydrogen-bond acceptors (Lipinski definition) is 2. The van der Waals surface area contributed by atoms with Crippen LogP contribution in [0.5, 0.6) is 0 Å². The van der Waals surface area contributed by atoms with Gasteiger partial charge in [0, 0.05) is 0 Å². The van der Waals surface area contributed by atoms with Crippen LogP contribution in [0.1, 0.15) is 41.5 Å². The molecule has 2 aromatic carbocycles. The van der Waals surface area contributed by atoms with Crippen molar-refractivity contribution in [1.82, 2.24) is 0 Å². The van der Waals surface area contributed by atoms with E-state index >= 15 is 0 Å². The number of benzene rings is 2. The van der Waals surface area contributed by atoms with Crippen molar-refractivity contribution in [2.75, 3.05) is 6.06 Å². The lowest BCUT2D eigenvalue weighted by atomic mass is 9.33. The third-order valence-corrected chi connectivity index (χ3v) is 12.5. The van der Waals surface area contributed by atoms with Crippen molar-refractivity contribution >= 4 is 30.2 Å². The minimum atomic E-state index is -2.09. The average Bonchev–Trinajstić information content (AvgIpc) is 2.92. The van der Waals surface area contributed by atoms with Crippen LogP contribution in [0, 0.1) is 0 Å². The second-order valence-electron chi connectivity index (χ2n) is 9.49. The average molecular weight is 368 g/mol. The maximum Gasteiger partial charge on any atom is 0.402 e. The Labute approximate surface area is 158 Å². The first-order chi connectivity index (χ1) is 12.0. The molecule has 4 heteroatoms. The first kappa shape index (κ1) is 19.2. The van der Waals surface area contributed by atoms with Crippen molar-refractivity contribution in [2.45, 2.75) is 51.9 Å². The summed E-state index contributed by atoms with van der Waals surface area (Å²) < 4.78 is 6.46. The molecule has 138 valence electrons. The molecule has 1 heterocycles. The standard InChI is InChI=1S/C22H30BO2P/c1-21(2,3)26(22(4,5)6)17-23(25-20(26)24,18-13-9-7-10-14-18)19-15-11-8-12-16-19/h7-16H,17H2,1-6H3. The molecule has 26 heavy (non-hydrogen) atoms. The minimum absolute atomic E-state index is 0.0465. The third kappa shape index (κ3) is 2.72. The summed E-state index contributed by atoms with van der Waals surface area (Å²) in [7, 11) is -2.09.